The Bertz CT molecular complexity index is 610. The maximum absolute atomic E-state index is 12.9. The van der Waals surface area contributed by atoms with Gasteiger partial charge in [-0.2, -0.15) is 0 Å². The summed E-state index contributed by atoms with van der Waals surface area (Å²) in [5.74, 6) is 0.607. The Kier molecular flexibility index (Phi) is 4.25. The Morgan fingerprint density at radius 2 is 2.10 bits per heavy atom. The lowest BCUT2D eigenvalue weighted by atomic mass is 9.92. The molecule has 1 atom stereocenters. The second-order valence-electron chi connectivity index (χ2n) is 5.49. The van der Waals surface area contributed by atoms with Crippen LogP contribution in [0, 0.1) is 5.82 Å². The molecular weight excluding hydrogens is 265 g/mol. The first-order valence-corrected chi connectivity index (χ1v) is 7.58. The van der Waals surface area contributed by atoms with Gasteiger partial charge in [0, 0.05) is 29.9 Å². The van der Waals surface area contributed by atoms with Gasteiger partial charge in [0.15, 0.2) is 0 Å². The van der Waals surface area contributed by atoms with E-state index in [1.54, 1.807) is 12.1 Å². The van der Waals surface area contributed by atoms with Crippen LogP contribution in [0.25, 0.3) is 0 Å². The summed E-state index contributed by atoms with van der Waals surface area (Å²) in [6.07, 6.45) is 5.96. The molecule has 1 aliphatic carbocycles. The molecule has 21 heavy (non-hydrogen) atoms. The van der Waals surface area contributed by atoms with Crippen molar-refractivity contribution in [2.24, 2.45) is 0 Å². The lowest BCUT2D eigenvalue weighted by Gasteiger charge is -2.25. The Morgan fingerprint density at radius 1 is 1.29 bits per heavy atom. The van der Waals surface area contributed by atoms with E-state index in [1.807, 2.05) is 6.20 Å². The third-order valence-electron chi connectivity index (χ3n) is 3.96. The van der Waals surface area contributed by atoms with E-state index in [-0.39, 0.29) is 5.82 Å². The van der Waals surface area contributed by atoms with Crippen molar-refractivity contribution in [1.82, 2.24) is 15.3 Å². The number of nitrogens with one attached hydrogen (secondary N) is 1. The maximum atomic E-state index is 12.9. The van der Waals surface area contributed by atoms with Gasteiger partial charge in [-0.3, -0.25) is 0 Å². The number of aryl methyl sites for hydroxylation is 1. The molecule has 0 amide bonds. The summed E-state index contributed by atoms with van der Waals surface area (Å²) >= 11 is 0. The van der Waals surface area contributed by atoms with Crippen LogP contribution in [0.1, 0.15) is 48.5 Å². The second kappa shape index (κ2) is 6.31. The van der Waals surface area contributed by atoms with Crippen LogP contribution in [0.2, 0.25) is 0 Å². The highest BCUT2D eigenvalue weighted by Gasteiger charge is 2.21. The summed E-state index contributed by atoms with van der Waals surface area (Å²) in [6.45, 7) is 3.08. The van der Waals surface area contributed by atoms with E-state index in [0.717, 1.165) is 37.2 Å². The molecule has 0 saturated carbocycles. The molecule has 3 rings (SSSR count). The Hall–Kier alpha value is -1.81. The fourth-order valence-electron chi connectivity index (χ4n) is 2.92. The largest absolute Gasteiger partial charge is 0.310 e. The number of fused-ring (bicyclic) bond motifs is 1. The van der Waals surface area contributed by atoms with Crippen molar-refractivity contribution in [2.45, 2.75) is 38.6 Å². The van der Waals surface area contributed by atoms with Gasteiger partial charge in [-0.1, -0.05) is 19.1 Å². The number of halogens is 1. The average molecular weight is 285 g/mol. The summed E-state index contributed by atoms with van der Waals surface area (Å²) in [5.41, 5.74) is 3.45. The molecule has 0 bridgehead atoms. The van der Waals surface area contributed by atoms with Crippen molar-refractivity contribution in [3.8, 4) is 0 Å². The van der Waals surface area contributed by atoms with E-state index >= 15 is 0 Å². The standard InChI is InChI=1S/C17H20FN3/c1-2-19-15-4-3-5-16-14(15)11-20-17(21-16)10-12-6-8-13(18)9-7-12/h6-9,11,15,19H,2-5,10H2,1H3. The van der Waals surface area contributed by atoms with E-state index in [0.29, 0.717) is 12.5 Å². The van der Waals surface area contributed by atoms with Gasteiger partial charge in [0.25, 0.3) is 0 Å². The average Bonchev–Trinajstić information content (AvgIpc) is 2.50. The fourth-order valence-corrected chi connectivity index (χ4v) is 2.92. The molecule has 0 saturated heterocycles. The van der Waals surface area contributed by atoms with Crippen molar-refractivity contribution in [3.63, 3.8) is 0 Å². The summed E-state index contributed by atoms with van der Waals surface area (Å²) in [5, 5.41) is 3.49. The molecule has 0 fully saturated rings. The number of hydrogen-bond acceptors (Lipinski definition) is 3. The number of rotatable bonds is 4. The number of nitrogens with zero attached hydrogens (tertiary/aromatic N) is 2. The molecule has 110 valence electrons. The molecule has 1 heterocycles. The predicted octanol–water partition coefficient (Wildman–Crippen LogP) is 3.19. The summed E-state index contributed by atoms with van der Waals surface area (Å²) in [4.78, 5) is 9.22. The van der Waals surface area contributed by atoms with Crippen molar-refractivity contribution in [1.29, 1.82) is 0 Å². The summed E-state index contributed by atoms with van der Waals surface area (Å²) in [7, 11) is 0. The van der Waals surface area contributed by atoms with Crippen LogP contribution < -0.4 is 5.32 Å². The van der Waals surface area contributed by atoms with Crippen molar-refractivity contribution in [2.75, 3.05) is 6.54 Å². The quantitative estimate of drug-likeness (QED) is 0.937. The monoisotopic (exact) mass is 285 g/mol. The van der Waals surface area contributed by atoms with E-state index < -0.39 is 0 Å². The zero-order valence-corrected chi connectivity index (χ0v) is 12.3. The molecule has 1 aliphatic rings. The molecule has 1 N–H and O–H groups in total. The van der Waals surface area contributed by atoms with Crippen LogP contribution in [0.4, 0.5) is 4.39 Å². The van der Waals surface area contributed by atoms with Gasteiger partial charge in [-0.15, -0.1) is 0 Å². The van der Waals surface area contributed by atoms with Gasteiger partial charge in [-0.05, 0) is 43.5 Å². The van der Waals surface area contributed by atoms with E-state index in [4.69, 9.17) is 4.98 Å². The van der Waals surface area contributed by atoms with E-state index in [2.05, 4.69) is 17.2 Å². The highest BCUT2D eigenvalue weighted by atomic mass is 19.1. The topological polar surface area (TPSA) is 37.8 Å². The molecule has 2 aromatic rings. The third-order valence-corrected chi connectivity index (χ3v) is 3.96. The van der Waals surface area contributed by atoms with Gasteiger partial charge >= 0.3 is 0 Å². The molecule has 1 aromatic carbocycles. The Morgan fingerprint density at radius 3 is 2.86 bits per heavy atom. The highest BCUT2D eigenvalue weighted by molar-refractivity contribution is 5.26. The molecule has 1 unspecified atom stereocenters. The van der Waals surface area contributed by atoms with Crippen LogP contribution >= 0.6 is 0 Å². The molecule has 3 nitrogen and oxygen atoms in total. The fraction of sp³-hybridized carbons (Fsp3) is 0.412. The van der Waals surface area contributed by atoms with Crippen LogP contribution in [0.5, 0.6) is 0 Å². The van der Waals surface area contributed by atoms with Gasteiger partial charge in [0.2, 0.25) is 0 Å². The smallest absolute Gasteiger partial charge is 0.132 e. The van der Waals surface area contributed by atoms with Gasteiger partial charge < -0.3 is 5.32 Å². The molecule has 1 aromatic heterocycles. The number of aromatic nitrogens is 2. The van der Waals surface area contributed by atoms with Crippen molar-refractivity contribution >= 4 is 0 Å². The van der Waals surface area contributed by atoms with Gasteiger partial charge in [0.1, 0.15) is 11.6 Å². The van der Waals surface area contributed by atoms with Crippen molar-refractivity contribution in [3.05, 3.63) is 58.9 Å². The molecule has 4 heteroatoms. The summed E-state index contributed by atoms with van der Waals surface area (Å²) in [6, 6.07) is 6.93. The first kappa shape index (κ1) is 14.1. The normalized spacial score (nSPS) is 17.5. The molecule has 0 aliphatic heterocycles. The lowest BCUT2D eigenvalue weighted by molar-refractivity contribution is 0.463. The van der Waals surface area contributed by atoms with Crippen LogP contribution in [0.3, 0.4) is 0 Å². The SMILES string of the molecule is CCNC1CCCc2nc(Cc3ccc(F)cc3)ncc21. The minimum atomic E-state index is -0.210. The second-order valence-corrected chi connectivity index (χ2v) is 5.49. The minimum absolute atomic E-state index is 0.210. The highest BCUT2D eigenvalue weighted by Crippen LogP contribution is 2.28. The Labute approximate surface area is 124 Å². The predicted molar refractivity (Wildman–Crippen MR) is 80.6 cm³/mol. The molecule has 0 spiro atoms. The summed E-state index contributed by atoms with van der Waals surface area (Å²) < 4.78 is 12.9. The van der Waals surface area contributed by atoms with Gasteiger partial charge in [0.05, 0.1) is 0 Å². The number of benzene rings is 1. The molecule has 0 radical (unpaired) electrons. The number of hydrogen-bond donors (Lipinski definition) is 1. The van der Waals surface area contributed by atoms with Crippen molar-refractivity contribution < 1.29 is 4.39 Å². The van der Waals surface area contributed by atoms with Crippen LogP contribution in [-0.4, -0.2) is 16.5 Å². The zero-order chi connectivity index (χ0) is 14.7. The van der Waals surface area contributed by atoms with Gasteiger partial charge in [-0.25, -0.2) is 14.4 Å². The maximum Gasteiger partial charge on any atom is 0.132 e. The first-order chi connectivity index (χ1) is 10.3. The molecular formula is C17H20FN3. The van der Waals surface area contributed by atoms with Crippen LogP contribution in [0.15, 0.2) is 30.5 Å². The van der Waals surface area contributed by atoms with E-state index in [9.17, 15) is 4.39 Å². The first-order valence-electron chi connectivity index (χ1n) is 7.58. The van der Waals surface area contributed by atoms with Crippen LogP contribution in [-0.2, 0) is 12.8 Å². The lowest BCUT2D eigenvalue weighted by Crippen LogP contribution is -2.26. The Balaban J connectivity index is 1.80. The zero-order valence-electron chi connectivity index (χ0n) is 12.3. The van der Waals surface area contributed by atoms with E-state index in [1.165, 1.54) is 23.4 Å². The minimum Gasteiger partial charge on any atom is -0.310 e. The third kappa shape index (κ3) is 3.27.